The summed E-state index contributed by atoms with van der Waals surface area (Å²) in [5, 5.41) is 87.5. The third-order valence-corrected chi connectivity index (χ3v) is 14.2. The molecule has 1 saturated heterocycles. The number of hydrogen-bond acceptors (Lipinski definition) is 10. The molecule has 0 radical (unpaired) electrons. The van der Waals surface area contributed by atoms with E-state index in [1.165, 1.54) is 0 Å². The van der Waals surface area contributed by atoms with Gasteiger partial charge in [-0.25, -0.2) is 0 Å². The second-order valence-corrected chi connectivity index (χ2v) is 17.9. The molecule has 0 spiro atoms. The molecule has 10 heteroatoms. The fraction of sp³-hybridized carbons (Fsp3) is 0.944. The van der Waals surface area contributed by atoms with Crippen LogP contribution in [-0.4, -0.2) is 108 Å². The van der Waals surface area contributed by atoms with Gasteiger partial charge in [-0.15, -0.1) is 0 Å². The van der Waals surface area contributed by atoms with Gasteiger partial charge in [-0.05, 0) is 111 Å². The first-order valence-electron chi connectivity index (χ1n) is 17.5. The van der Waals surface area contributed by atoms with Gasteiger partial charge in [-0.1, -0.05) is 46.8 Å². The van der Waals surface area contributed by atoms with Crippen molar-refractivity contribution in [1.82, 2.24) is 0 Å². The summed E-state index contributed by atoms with van der Waals surface area (Å²) in [7, 11) is 0. The molecule has 10 nitrogen and oxygen atoms in total. The Balaban J connectivity index is 1.58. The molecule has 46 heavy (non-hydrogen) atoms. The van der Waals surface area contributed by atoms with E-state index >= 15 is 0 Å². The molecule has 0 aromatic heterocycles. The van der Waals surface area contributed by atoms with Crippen LogP contribution in [0.3, 0.4) is 0 Å². The Morgan fingerprint density at radius 3 is 2.13 bits per heavy atom. The molecule has 266 valence electrons. The molecule has 0 unspecified atom stereocenters. The zero-order chi connectivity index (χ0) is 34.4. The van der Waals surface area contributed by atoms with Crippen LogP contribution in [0.4, 0.5) is 0 Å². The van der Waals surface area contributed by atoms with Gasteiger partial charge in [0.15, 0.2) is 6.29 Å². The lowest BCUT2D eigenvalue weighted by Crippen LogP contribution is -2.70. The van der Waals surface area contributed by atoms with Gasteiger partial charge in [0, 0.05) is 0 Å². The fourth-order valence-corrected chi connectivity index (χ4v) is 11.8. The van der Waals surface area contributed by atoms with Crippen molar-refractivity contribution in [3.63, 3.8) is 0 Å². The fourth-order valence-electron chi connectivity index (χ4n) is 11.8. The Labute approximate surface area is 274 Å². The zero-order valence-corrected chi connectivity index (χ0v) is 29.1. The SMILES string of the molecule is CC(C)(O)/C=C/C[C@](C)(O)[C@H]1CC[C@]2(C)[C@@H]1[C@H](O[C@H]1O[C@@H](CO)[C@H](O)[C@@H](O)[C@@H]1O)C[C@@H]1[C@@]3(C)CC[C@H](O)C(C)(C)[C@@H]3[C@@H](O)C[C@]12C. The van der Waals surface area contributed by atoms with E-state index in [-0.39, 0.29) is 34.5 Å². The Kier molecular flexibility index (Phi) is 9.55. The summed E-state index contributed by atoms with van der Waals surface area (Å²) < 4.78 is 12.6. The van der Waals surface area contributed by atoms with Crippen LogP contribution in [-0.2, 0) is 9.47 Å². The minimum atomic E-state index is -1.57. The molecule has 0 bridgehead atoms. The second-order valence-electron chi connectivity index (χ2n) is 17.9. The van der Waals surface area contributed by atoms with E-state index in [0.29, 0.717) is 32.1 Å². The minimum absolute atomic E-state index is 0.0649. The Morgan fingerprint density at radius 1 is 0.870 bits per heavy atom. The highest BCUT2D eigenvalue weighted by Crippen LogP contribution is 2.76. The van der Waals surface area contributed by atoms with Crippen molar-refractivity contribution >= 4 is 0 Å². The molecule has 5 rings (SSSR count). The van der Waals surface area contributed by atoms with E-state index in [4.69, 9.17) is 9.47 Å². The smallest absolute Gasteiger partial charge is 0.186 e. The number of rotatable bonds is 7. The molecular formula is C36H62O10. The zero-order valence-electron chi connectivity index (χ0n) is 29.1. The van der Waals surface area contributed by atoms with Gasteiger partial charge in [0.1, 0.15) is 24.4 Å². The molecule has 16 atom stereocenters. The third-order valence-electron chi connectivity index (χ3n) is 14.2. The summed E-state index contributed by atoms with van der Waals surface area (Å²) in [5.74, 6) is -0.539. The Bertz CT molecular complexity index is 1130. The number of fused-ring (bicyclic) bond motifs is 5. The quantitative estimate of drug-likeness (QED) is 0.150. The van der Waals surface area contributed by atoms with Crippen LogP contribution < -0.4 is 0 Å². The summed E-state index contributed by atoms with van der Waals surface area (Å²) in [6.07, 6.45) is -0.895. The first-order valence-corrected chi connectivity index (χ1v) is 17.5. The van der Waals surface area contributed by atoms with Gasteiger partial charge in [0.2, 0.25) is 0 Å². The number of aliphatic hydroxyl groups is 8. The van der Waals surface area contributed by atoms with Crippen LogP contribution >= 0.6 is 0 Å². The monoisotopic (exact) mass is 654 g/mol. The summed E-state index contributed by atoms with van der Waals surface area (Å²) in [6.45, 7) is 15.6. The van der Waals surface area contributed by atoms with Crippen molar-refractivity contribution in [2.45, 2.75) is 161 Å². The topological polar surface area (TPSA) is 180 Å². The minimum Gasteiger partial charge on any atom is -0.394 e. The van der Waals surface area contributed by atoms with Crippen LogP contribution in [0.2, 0.25) is 0 Å². The molecule has 8 N–H and O–H groups in total. The van der Waals surface area contributed by atoms with Gasteiger partial charge in [-0.3, -0.25) is 0 Å². The summed E-state index contributed by atoms with van der Waals surface area (Å²) in [6, 6.07) is 0. The number of aliphatic hydroxyl groups excluding tert-OH is 6. The van der Waals surface area contributed by atoms with Crippen LogP contribution in [0.1, 0.15) is 100 Å². The maximum absolute atomic E-state index is 12.1. The molecule has 0 aromatic carbocycles. The molecule has 5 aliphatic rings. The van der Waals surface area contributed by atoms with Gasteiger partial charge in [0.25, 0.3) is 0 Å². The van der Waals surface area contributed by atoms with Crippen molar-refractivity contribution in [2.24, 2.45) is 45.3 Å². The maximum Gasteiger partial charge on any atom is 0.186 e. The summed E-state index contributed by atoms with van der Waals surface area (Å²) in [4.78, 5) is 0. The van der Waals surface area contributed by atoms with E-state index in [9.17, 15) is 40.9 Å². The first kappa shape index (κ1) is 36.6. The molecule has 4 saturated carbocycles. The highest BCUT2D eigenvalue weighted by Gasteiger charge is 2.73. The molecule has 0 aromatic rings. The second kappa shape index (κ2) is 12.0. The van der Waals surface area contributed by atoms with E-state index in [1.807, 2.05) is 13.0 Å². The van der Waals surface area contributed by atoms with Gasteiger partial charge in [0.05, 0.1) is 36.1 Å². The third kappa shape index (κ3) is 5.64. The van der Waals surface area contributed by atoms with Crippen molar-refractivity contribution in [2.75, 3.05) is 6.61 Å². The largest absolute Gasteiger partial charge is 0.394 e. The highest BCUT2D eigenvalue weighted by molar-refractivity contribution is 5.22. The Morgan fingerprint density at radius 2 is 1.52 bits per heavy atom. The maximum atomic E-state index is 12.1. The summed E-state index contributed by atoms with van der Waals surface area (Å²) >= 11 is 0. The van der Waals surface area contributed by atoms with Gasteiger partial charge < -0.3 is 50.3 Å². The molecule has 5 fully saturated rings. The average molecular weight is 655 g/mol. The Hall–Kier alpha value is -0.660. The van der Waals surface area contributed by atoms with Crippen molar-refractivity contribution in [3.8, 4) is 0 Å². The van der Waals surface area contributed by atoms with Crippen LogP contribution in [0.25, 0.3) is 0 Å². The number of ether oxygens (including phenoxy) is 2. The highest BCUT2D eigenvalue weighted by atomic mass is 16.7. The van der Waals surface area contributed by atoms with Crippen molar-refractivity contribution in [3.05, 3.63) is 12.2 Å². The standard InChI is InChI=1S/C36H62O10/c1-31(2,43)12-9-13-36(8,44)19-10-15-34(6)25(19)21(45-30-28(42)27(41)26(40)22(18-37)46-30)16-23-33(5)14-11-24(39)32(3,4)29(33)20(38)17-35(23,34)7/h9,12,19-30,37-44H,10-11,13-18H2,1-8H3/b12-9+/t19-,20-,21+,22-,23+,24-,25-,26-,27+,28-,29-,30-,33+,34+,35+,36-/m0/s1. The van der Waals surface area contributed by atoms with Crippen molar-refractivity contribution < 1.29 is 50.3 Å². The number of hydrogen-bond donors (Lipinski definition) is 8. The van der Waals surface area contributed by atoms with Gasteiger partial charge >= 0.3 is 0 Å². The van der Waals surface area contributed by atoms with E-state index in [0.717, 1.165) is 12.8 Å². The molecule has 1 heterocycles. The van der Waals surface area contributed by atoms with Crippen LogP contribution in [0.5, 0.6) is 0 Å². The predicted molar refractivity (Wildman–Crippen MR) is 171 cm³/mol. The predicted octanol–water partition coefficient (Wildman–Crippen LogP) is 2.27. The lowest BCUT2D eigenvalue weighted by Gasteiger charge is -2.71. The molecule has 0 amide bonds. The van der Waals surface area contributed by atoms with Crippen molar-refractivity contribution in [1.29, 1.82) is 0 Å². The van der Waals surface area contributed by atoms with Crippen LogP contribution in [0.15, 0.2) is 12.2 Å². The van der Waals surface area contributed by atoms with E-state index in [2.05, 4.69) is 34.6 Å². The lowest BCUT2D eigenvalue weighted by atomic mass is 9.34. The van der Waals surface area contributed by atoms with Gasteiger partial charge in [-0.2, -0.15) is 0 Å². The van der Waals surface area contributed by atoms with Crippen LogP contribution in [0, 0.1) is 45.3 Å². The average Bonchev–Trinajstić information content (AvgIpc) is 3.31. The lowest BCUT2D eigenvalue weighted by molar-refractivity contribution is -0.339. The van der Waals surface area contributed by atoms with E-state index in [1.54, 1.807) is 19.9 Å². The normalized spacial score (nSPS) is 52.1. The molecular weight excluding hydrogens is 592 g/mol. The summed E-state index contributed by atoms with van der Waals surface area (Å²) in [5.41, 5.74) is -3.78. The first-order chi connectivity index (χ1) is 21.0. The van der Waals surface area contributed by atoms with E-state index < -0.39 is 77.7 Å². The molecule has 1 aliphatic heterocycles. The molecule has 4 aliphatic carbocycles.